The van der Waals surface area contributed by atoms with Gasteiger partial charge in [-0.2, -0.15) is 0 Å². The van der Waals surface area contributed by atoms with Crippen molar-refractivity contribution >= 4 is 18.5 Å². The molecule has 0 aromatic rings. The van der Waals surface area contributed by atoms with Crippen LogP contribution in [0.5, 0.6) is 0 Å². The molecule has 0 heterocycles. The molecule has 0 aliphatic heterocycles. The van der Waals surface area contributed by atoms with E-state index >= 15 is 0 Å². The van der Waals surface area contributed by atoms with Gasteiger partial charge in [-0.05, 0) is 18.2 Å². The van der Waals surface area contributed by atoms with Crippen LogP contribution in [0.15, 0.2) is 23.7 Å². The molecular formula is C6H7BN2O2. The van der Waals surface area contributed by atoms with Gasteiger partial charge in [0.15, 0.2) is 0 Å². The first kappa shape index (κ1) is 7.91. The summed E-state index contributed by atoms with van der Waals surface area (Å²) in [5.41, 5.74) is 0.276. The van der Waals surface area contributed by atoms with E-state index in [0.29, 0.717) is 0 Å². The first-order valence-electron chi connectivity index (χ1n) is 3.04. The molecule has 0 aromatic carbocycles. The fourth-order valence-electron chi connectivity index (χ4n) is 0.776. The molecule has 0 spiro atoms. The highest BCUT2D eigenvalue weighted by molar-refractivity contribution is 6.61. The van der Waals surface area contributed by atoms with Crippen molar-refractivity contribution in [2.45, 2.75) is 0 Å². The molecule has 0 bridgehead atoms. The van der Waals surface area contributed by atoms with Crippen LogP contribution in [-0.2, 0) is 0 Å². The summed E-state index contributed by atoms with van der Waals surface area (Å²) in [5, 5.41) is 31.7. The van der Waals surface area contributed by atoms with Gasteiger partial charge in [0.1, 0.15) is 0 Å². The highest BCUT2D eigenvalue weighted by atomic mass is 16.4. The number of allylic oxidation sites excluding steroid dienone is 4. The summed E-state index contributed by atoms with van der Waals surface area (Å²) in [5.74, 6) is 0. The molecule has 5 heteroatoms. The topological polar surface area (TPSA) is 88.2 Å². The average molecular weight is 150 g/mol. The van der Waals surface area contributed by atoms with Crippen molar-refractivity contribution in [3.05, 3.63) is 23.7 Å². The second kappa shape index (κ2) is 2.81. The van der Waals surface area contributed by atoms with Gasteiger partial charge in [-0.1, -0.05) is 0 Å². The van der Waals surface area contributed by atoms with Gasteiger partial charge >= 0.3 is 7.12 Å². The third-order valence-corrected chi connectivity index (χ3v) is 1.33. The van der Waals surface area contributed by atoms with Gasteiger partial charge in [-0.3, -0.25) is 0 Å². The Bertz CT molecular complexity index is 268. The van der Waals surface area contributed by atoms with Gasteiger partial charge in [0.05, 0.1) is 11.4 Å². The molecule has 4 nitrogen and oxygen atoms in total. The lowest BCUT2D eigenvalue weighted by Gasteiger charge is -2.07. The number of rotatable bonds is 1. The number of hydrogen-bond acceptors (Lipinski definition) is 4. The lowest BCUT2D eigenvalue weighted by molar-refractivity contribution is 0.421. The van der Waals surface area contributed by atoms with E-state index in [2.05, 4.69) is 0 Å². The normalized spacial score (nSPS) is 16.7. The third-order valence-electron chi connectivity index (χ3n) is 1.33. The first-order valence-corrected chi connectivity index (χ1v) is 3.04. The molecule has 1 aliphatic carbocycles. The summed E-state index contributed by atoms with van der Waals surface area (Å²) in [6.45, 7) is 0. The molecule has 0 atom stereocenters. The van der Waals surface area contributed by atoms with E-state index < -0.39 is 7.12 Å². The lowest BCUT2D eigenvalue weighted by Crippen LogP contribution is -2.23. The minimum absolute atomic E-state index is 0.0380. The quantitative estimate of drug-likeness (QED) is 0.300. The summed E-state index contributed by atoms with van der Waals surface area (Å²) in [6.07, 6.45) is 4.04. The van der Waals surface area contributed by atoms with Gasteiger partial charge in [-0.15, -0.1) is 0 Å². The van der Waals surface area contributed by atoms with Crippen LogP contribution in [0.25, 0.3) is 0 Å². The first-order chi connectivity index (χ1) is 5.11. The van der Waals surface area contributed by atoms with E-state index in [4.69, 9.17) is 20.9 Å². The molecule has 0 radical (unpaired) electrons. The molecule has 0 fully saturated rings. The van der Waals surface area contributed by atoms with Gasteiger partial charge in [0.25, 0.3) is 0 Å². The molecule has 0 amide bonds. The largest absolute Gasteiger partial charge is 0.490 e. The molecular weight excluding hydrogens is 143 g/mol. The monoisotopic (exact) mass is 150 g/mol. The van der Waals surface area contributed by atoms with Crippen molar-refractivity contribution in [1.29, 1.82) is 10.8 Å². The lowest BCUT2D eigenvalue weighted by atomic mass is 9.74. The predicted octanol–water partition coefficient (Wildman–Crippen LogP) is -0.466. The standard InChI is InChI=1S/C6H7BN2O2/c8-4-1-2-6(9)5(3-4)7(10)11/h1-3,8-11H. The highest BCUT2D eigenvalue weighted by Gasteiger charge is 2.20. The van der Waals surface area contributed by atoms with Gasteiger partial charge in [-0.25, -0.2) is 0 Å². The van der Waals surface area contributed by atoms with Crippen LogP contribution in [-0.4, -0.2) is 28.6 Å². The Morgan fingerprint density at radius 2 is 1.82 bits per heavy atom. The molecule has 11 heavy (non-hydrogen) atoms. The van der Waals surface area contributed by atoms with Crippen LogP contribution in [0.2, 0.25) is 0 Å². The minimum atomic E-state index is -1.66. The molecule has 1 rings (SSSR count). The van der Waals surface area contributed by atoms with E-state index in [1.54, 1.807) is 0 Å². The average Bonchev–Trinajstić information content (AvgIpc) is 1.94. The molecule has 0 saturated heterocycles. The van der Waals surface area contributed by atoms with Gasteiger partial charge in [0, 0.05) is 5.47 Å². The Morgan fingerprint density at radius 3 is 2.27 bits per heavy atom. The van der Waals surface area contributed by atoms with Crippen LogP contribution < -0.4 is 0 Å². The Labute approximate surface area is 64.0 Å². The zero-order valence-corrected chi connectivity index (χ0v) is 5.70. The van der Waals surface area contributed by atoms with Gasteiger partial charge < -0.3 is 20.9 Å². The van der Waals surface area contributed by atoms with E-state index in [0.717, 1.165) is 0 Å². The number of nitrogens with one attached hydrogen (secondary N) is 2. The Hall–Kier alpha value is -1.20. The van der Waals surface area contributed by atoms with Crippen LogP contribution in [0.3, 0.4) is 0 Å². The fraction of sp³-hybridized carbons (Fsp3) is 0. The van der Waals surface area contributed by atoms with Crippen molar-refractivity contribution in [3.8, 4) is 0 Å². The molecule has 0 aromatic heterocycles. The third kappa shape index (κ3) is 1.63. The van der Waals surface area contributed by atoms with Crippen LogP contribution in [0, 0.1) is 10.8 Å². The second-order valence-electron chi connectivity index (χ2n) is 2.18. The van der Waals surface area contributed by atoms with E-state index in [-0.39, 0.29) is 16.9 Å². The van der Waals surface area contributed by atoms with Crippen molar-refractivity contribution < 1.29 is 10.0 Å². The van der Waals surface area contributed by atoms with Crippen LogP contribution >= 0.6 is 0 Å². The maximum absolute atomic E-state index is 8.68. The predicted molar refractivity (Wildman–Crippen MR) is 42.9 cm³/mol. The van der Waals surface area contributed by atoms with E-state index in [1.807, 2.05) is 0 Å². The summed E-state index contributed by atoms with van der Waals surface area (Å²) < 4.78 is 0. The number of hydrogen-bond donors (Lipinski definition) is 4. The second-order valence-corrected chi connectivity index (χ2v) is 2.18. The van der Waals surface area contributed by atoms with E-state index in [1.165, 1.54) is 18.2 Å². The van der Waals surface area contributed by atoms with Crippen molar-refractivity contribution in [2.75, 3.05) is 0 Å². The summed E-state index contributed by atoms with van der Waals surface area (Å²) in [4.78, 5) is 0. The maximum Gasteiger partial charge on any atom is 0.490 e. The van der Waals surface area contributed by atoms with Crippen molar-refractivity contribution in [1.82, 2.24) is 0 Å². The molecule has 4 N–H and O–H groups in total. The Morgan fingerprint density at radius 1 is 1.18 bits per heavy atom. The van der Waals surface area contributed by atoms with Gasteiger partial charge in [0.2, 0.25) is 0 Å². The zero-order valence-electron chi connectivity index (χ0n) is 5.70. The molecule has 56 valence electrons. The summed E-state index contributed by atoms with van der Waals surface area (Å²) in [7, 11) is -1.66. The molecule has 0 saturated carbocycles. The van der Waals surface area contributed by atoms with E-state index in [9.17, 15) is 0 Å². The van der Waals surface area contributed by atoms with Crippen molar-refractivity contribution in [3.63, 3.8) is 0 Å². The SMILES string of the molecule is N=C1C=CC(=N)C(B(O)O)=C1. The zero-order chi connectivity index (χ0) is 8.43. The molecule has 0 unspecified atom stereocenters. The molecule has 1 aliphatic rings. The van der Waals surface area contributed by atoms with Crippen LogP contribution in [0.4, 0.5) is 0 Å². The minimum Gasteiger partial charge on any atom is -0.423 e. The fourth-order valence-corrected chi connectivity index (χ4v) is 0.776. The summed E-state index contributed by atoms with van der Waals surface area (Å²) in [6, 6.07) is 0. The smallest absolute Gasteiger partial charge is 0.423 e. The van der Waals surface area contributed by atoms with Crippen molar-refractivity contribution in [2.24, 2.45) is 0 Å². The Kier molecular flexibility index (Phi) is 2.02. The van der Waals surface area contributed by atoms with Crippen LogP contribution in [0.1, 0.15) is 0 Å². The Balaban J connectivity index is 2.94. The highest BCUT2D eigenvalue weighted by Crippen LogP contribution is 2.06. The maximum atomic E-state index is 8.68. The summed E-state index contributed by atoms with van der Waals surface area (Å²) >= 11 is 0.